The van der Waals surface area contributed by atoms with E-state index in [2.05, 4.69) is 27.5 Å². The van der Waals surface area contributed by atoms with E-state index in [0.29, 0.717) is 11.8 Å². The van der Waals surface area contributed by atoms with Gasteiger partial charge in [0.2, 0.25) is 11.9 Å². The summed E-state index contributed by atoms with van der Waals surface area (Å²) in [6.07, 6.45) is 2.62. The van der Waals surface area contributed by atoms with Gasteiger partial charge in [0.05, 0.1) is 0 Å². The standard InChI is InChI=1S/C10H17N5O/c1-3-5-12-10-13-6-4-8(15-10)14-7(2)9(11)16/h4,6-7H,3,5H2,1-2H3,(H2,11,16)(H2,12,13,14,15). The number of carbonyl (C=O) groups is 1. The molecule has 6 heteroatoms. The number of nitrogens with one attached hydrogen (secondary N) is 2. The summed E-state index contributed by atoms with van der Waals surface area (Å²) in [5.41, 5.74) is 5.14. The van der Waals surface area contributed by atoms with Gasteiger partial charge in [0.15, 0.2) is 0 Å². The van der Waals surface area contributed by atoms with Gasteiger partial charge < -0.3 is 16.4 Å². The van der Waals surface area contributed by atoms with Crippen molar-refractivity contribution in [2.75, 3.05) is 17.2 Å². The molecule has 0 aliphatic rings. The van der Waals surface area contributed by atoms with Gasteiger partial charge in [-0.05, 0) is 19.4 Å². The molecule has 1 rings (SSSR count). The number of amides is 1. The van der Waals surface area contributed by atoms with Crippen molar-refractivity contribution in [3.05, 3.63) is 12.3 Å². The third-order valence-electron chi connectivity index (χ3n) is 1.98. The minimum absolute atomic E-state index is 0.415. The SMILES string of the molecule is CCCNc1nccc(NC(C)C(N)=O)n1. The molecule has 0 saturated heterocycles. The summed E-state index contributed by atoms with van der Waals surface area (Å²) in [5, 5.41) is 5.95. The van der Waals surface area contributed by atoms with Crippen LogP contribution in [0, 0.1) is 0 Å². The summed E-state index contributed by atoms with van der Waals surface area (Å²) in [6, 6.07) is 1.24. The molecule has 1 unspecified atom stereocenters. The van der Waals surface area contributed by atoms with E-state index < -0.39 is 11.9 Å². The van der Waals surface area contributed by atoms with Crippen LogP contribution >= 0.6 is 0 Å². The Hall–Kier alpha value is -1.85. The van der Waals surface area contributed by atoms with Crippen molar-refractivity contribution in [3.63, 3.8) is 0 Å². The van der Waals surface area contributed by atoms with Gasteiger partial charge in [-0.25, -0.2) is 4.98 Å². The van der Waals surface area contributed by atoms with E-state index in [4.69, 9.17) is 5.73 Å². The van der Waals surface area contributed by atoms with Crippen molar-refractivity contribution in [2.24, 2.45) is 5.73 Å². The largest absolute Gasteiger partial charge is 0.368 e. The third kappa shape index (κ3) is 3.72. The number of primary amides is 1. The highest BCUT2D eigenvalue weighted by molar-refractivity contribution is 5.82. The quantitative estimate of drug-likeness (QED) is 0.656. The fraction of sp³-hybridized carbons (Fsp3) is 0.500. The molecular formula is C10H17N5O. The lowest BCUT2D eigenvalue weighted by Crippen LogP contribution is -2.32. The molecule has 88 valence electrons. The number of nitrogens with two attached hydrogens (primary N) is 1. The van der Waals surface area contributed by atoms with Crippen molar-refractivity contribution >= 4 is 17.7 Å². The summed E-state index contributed by atoms with van der Waals surface area (Å²) >= 11 is 0. The highest BCUT2D eigenvalue weighted by Gasteiger charge is 2.08. The zero-order valence-corrected chi connectivity index (χ0v) is 9.53. The normalized spacial score (nSPS) is 11.9. The van der Waals surface area contributed by atoms with Crippen molar-refractivity contribution in [2.45, 2.75) is 26.3 Å². The second-order valence-electron chi connectivity index (χ2n) is 3.46. The van der Waals surface area contributed by atoms with Gasteiger partial charge in [0, 0.05) is 12.7 Å². The van der Waals surface area contributed by atoms with E-state index in [1.165, 1.54) is 0 Å². The molecule has 0 aromatic carbocycles. The maximum Gasteiger partial charge on any atom is 0.239 e. The van der Waals surface area contributed by atoms with Crippen molar-refractivity contribution < 1.29 is 4.79 Å². The average molecular weight is 223 g/mol. The molecule has 0 aliphatic carbocycles. The van der Waals surface area contributed by atoms with Crippen LogP contribution in [0.25, 0.3) is 0 Å². The van der Waals surface area contributed by atoms with Crippen LogP contribution in [-0.4, -0.2) is 28.5 Å². The van der Waals surface area contributed by atoms with Crippen LogP contribution in [0.5, 0.6) is 0 Å². The third-order valence-corrected chi connectivity index (χ3v) is 1.98. The predicted molar refractivity (Wildman–Crippen MR) is 63.1 cm³/mol. The van der Waals surface area contributed by atoms with Crippen LogP contribution in [-0.2, 0) is 4.79 Å². The lowest BCUT2D eigenvalue weighted by molar-refractivity contribution is -0.118. The van der Waals surface area contributed by atoms with Crippen LogP contribution in [0.3, 0.4) is 0 Å². The summed E-state index contributed by atoms with van der Waals surface area (Å²) in [4.78, 5) is 19.1. The number of rotatable bonds is 6. The molecular weight excluding hydrogens is 206 g/mol. The molecule has 1 amide bonds. The van der Waals surface area contributed by atoms with Gasteiger partial charge in [0.25, 0.3) is 0 Å². The van der Waals surface area contributed by atoms with Crippen LogP contribution < -0.4 is 16.4 Å². The number of hydrogen-bond donors (Lipinski definition) is 3. The van der Waals surface area contributed by atoms with Crippen molar-refractivity contribution in [1.29, 1.82) is 0 Å². The number of carbonyl (C=O) groups excluding carboxylic acids is 1. The summed E-state index contributed by atoms with van der Waals surface area (Å²) in [5.74, 6) is 0.713. The van der Waals surface area contributed by atoms with Gasteiger partial charge >= 0.3 is 0 Å². The van der Waals surface area contributed by atoms with Gasteiger partial charge in [-0.1, -0.05) is 6.92 Å². The molecule has 0 bridgehead atoms. The van der Waals surface area contributed by atoms with E-state index in [0.717, 1.165) is 13.0 Å². The Kier molecular flexibility index (Phi) is 4.50. The highest BCUT2D eigenvalue weighted by Crippen LogP contribution is 2.06. The van der Waals surface area contributed by atoms with E-state index in [9.17, 15) is 4.79 Å². The molecule has 16 heavy (non-hydrogen) atoms. The summed E-state index contributed by atoms with van der Waals surface area (Å²) in [7, 11) is 0. The topological polar surface area (TPSA) is 92.9 Å². The Morgan fingerprint density at radius 2 is 2.38 bits per heavy atom. The Balaban J connectivity index is 2.63. The second kappa shape index (κ2) is 5.89. The molecule has 0 aliphatic heterocycles. The Bertz CT molecular complexity index is 355. The van der Waals surface area contributed by atoms with Crippen LogP contribution in [0.2, 0.25) is 0 Å². The molecule has 0 fully saturated rings. The predicted octanol–water partition coefficient (Wildman–Crippen LogP) is 0.584. The summed E-state index contributed by atoms with van der Waals surface area (Å²) < 4.78 is 0. The Morgan fingerprint density at radius 1 is 1.62 bits per heavy atom. The molecule has 1 aromatic rings. The minimum Gasteiger partial charge on any atom is -0.368 e. The average Bonchev–Trinajstić information content (AvgIpc) is 2.26. The number of hydrogen-bond acceptors (Lipinski definition) is 5. The number of anilines is 2. The zero-order chi connectivity index (χ0) is 12.0. The first-order valence-corrected chi connectivity index (χ1v) is 5.26. The second-order valence-corrected chi connectivity index (χ2v) is 3.46. The smallest absolute Gasteiger partial charge is 0.239 e. The molecule has 1 aromatic heterocycles. The maximum absolute atomic E-state index is 10.9. The van der Waals surface area contributed by atoms with Crippen LogP contribution in [0.15, 0.2) is 12.3 Å². The first kappa shape index (κ1) is 12.2. The number of nitrogens with zero attached hydrogens (tertiary/aromatic N) is 2. The molecule has 6 nitrogen and oxygen atoms in total. The lowest BCUT2D eigenvalue weighted by atomic mass is 10.3. The highest BCUT2D eigenvalue weighted by atomic mass is 16.1. The van der Waals surface area contributed by atoms with E-state index in [1.54, 1.807) is 19.2 Å². The van der Waals surface area contributed by atoms with Crippen LogP contribution in [0.4, 0.5) is 11.8 Å². The van der Waals surface area contributed by atoms with E-state index in [1.807, 2.05) is 0 Å². The number of aromatic nitrogens is 2. The van der Waals surface area contributed by atoms with Gasteiger partial charge in [-0.2, -0.15) is 4.98 Å². The zero-order valence-electron chi connectivity index (χ0n) is 9.53. The molecule has 1 atom stereocenters. The summed E-state index contributed by atoms with van der Waals surface area (Å²) in [6.45, 7) is 4.56. The molecule has 0 radical (unpaired) electrons. The van der Waals surface area contributed by atoms with Gasteiger partial charge in [-0.15, -0.1) is 0 Å². The molecule has 0 saturated carbocycles. The Labute approximate surface area is 94.7 Å². The van der Waals surface area contributed by atoms with E-state index >= 15 is 0 Å². The van der Waals surface area contributed by atoms with Crippen molar-refractivity contribution in [1.82, 2.24) is 9.97 Å². The van der Waals surface area contributed by atoms with Crippen molar-refractivity contribution in [3.8, 4) is 0 Å². The van der Waals surface area contributed by atoms with Gasteiger partial charge in [-0.3, -0.25) is 4.79 Å². The first-order valence-electron chi connectivity index (χ1n) is 5.26. The maximum atomic E-state index is 10.9. The Morgan fingerprint density at radius 3 is 3.00 bits per heavy atom. The fourth-order valence-electron chi connectivity index (χ4n) is 1.05. The minimum atomic E-state index is -0.450. The molecule has 0 spiro atoms. The fourth-order valence-corrected chi connectivity index (χ4v) is 1.05. The van der Waals surface area contributed by atoms with Crippen LogP contribution in [0.1, 0.15) is 20.3 Å². The van der Waals surface area contributed by atoms with Gasteiger partial charge in [0.1, 0.15) is 11.9 Å². The molecule has 4 N–H and O–H groups in total. The first-order chi connectivity index (χ1) is 7.63. The molecule has 1 heterocycles. The van der Waals surface area contributed by atoms with E-state index in [-0.39, 0.29) is 0 Å². The lowest BCUT2D eigenvalue weighted by Gasteiger charge is -2.11. The monoisotopic (exact) mass is 223 g/mol.